The summed E-state index contributed by atoms with van der Waals surface area (Å²) in [6.45, 7) is 7.45. The fraction of sp³-hybridized carbons (Fsp3) is 0.529. The molecule has 0 aromatic carbocycles. The van der Waals surface area contributed by atoms with Crippen molar-refractivity contribution in [2.24, 2.45) is 0 Å². The average Bonchev–Trinajstić information content (AvgIpc) is 2.85. The first-order chi connectivity index (χ1) is 11.1. The first-order valence-electron chi connectivity index (χ1n) is 8.15. The topological polar surface area (TPSA) is 63.9 Å². The molecule has 0 radical (unpaired) electrons. The number of aromatic nitrogens is 4. The van der Waals surface area contributed by atoms with Crippen molar-refractivity contribution < 1.29 is 4.79 Å². The summed E-state index contributed by atoms with van der Waals surface area (Å²) in [4.78, 5) is 23.1. The minimum absolute atomic E-state index is 0.0364. The molecule has 0 N–H and O–H groups in total. The Morgan fingerprint density at radius 2 is 2.13 bits per heavy atom. The zero-order valence-corrected chi connectivity index (χ0v) is 14.0. The van der Waals surface area contributed by atoms with Crippen LogP contribution in [0.5, 0.6) is 0 Å². The van der Waals surface area contributed by atoms with Crippen molar-refractivity contribution in [2.75, 3.05) is 6.54 Å². The van der Waals surface area contributed by atoms with E-state index in [4.69, 9.17) is 0 Å². The minimum atomic E-state index is 0.0364. The maximum atomic E-state index is 12.9. The van der Waals surface area contributed by atoms with Gasteiger partial charge in [-0.25, -0.2) is 9.97 Å². The van der Waals surface area contributed by atoms with E-state index in [1.54, 1.807) is 6.20 Å². The van der Waals surface area contributed by atoms with Crippen molar-refractivity contribution in [1.82, 2.24) is 24.6 Å². The predicted octanol–water partition coefficient (Wildman–Crippen LogP) is 2.29. The molecule has 0 spiro atoms. The van der Waals surface area contributed by atoms with Crippen LogP contribution < -0.4 is 0 Å². The molecule has 0 aliphatic carbocycles. The molecule has 0 saturated carbocycles. The molecule has 2 aromatic heterocycles. The van der Waals surface area contributed by atoms with Gasteiger partial charge in [0.2, 0.25) is 0 Å². The van der Waals surface area contributed by atoms with Crippen molar-refractivity contribution in [3.63, 3.8) is 0 Å². The molecule has 3 rings (SSSR count). The fourth-order valence-corrected chi connectivity index (χ4v) is 3.27. The number of piperidine rings is 1. The number of hydrogen-bond acceptors (Lipinski definition) is 4. The average molecular weight is 313 g/mol. The molecular weight excluding hydrogens is 290 g/mol. The minimum Gasteiger partial charge on any atom is -0.334 e. The first kappa shape index (κ1) is 15.6. The molecule has 1 saturated heterocycles. The molecule has 6 nitrogen and oxygen atoms in total. The summed E-state index contributed by atoms with van der Waals surface area (Å²) in [7, 11) is 0. The van der Waals surface area contributed by atoms with Gasteiger partial charge >= 0.3 is 0 Å². The van der Waals surface area contributed by atoms with Crippen LogP contribution in [0, 0.1) is 20.8 Å². The normalized spacial score (nSPS) is 18.2. The molecule has 6 heteroatoms. The smallest absolute Gasteiger partial charge is 0.257 e. The van der Waals surface area contributed by atoms with Crippen molar-refractivity contribution in [1.29, 1.82) is 0 Å². The zero-order valence-electron chi connectivity index (χ0n) is 14.0. The highest BCUT2D eigenvalue weighted by Crippen LogP contribution is 2.22. The molecule has 2 aromatic rings. The summed E-state index contributed by atoms with van der Waals surface area (Å²) in [5.41, 5.74) is 3.50. The highest BCUT2D eigenvalue weighted by atomic mass is 16.2. The quantitative estimate of drug-likeness (QED) is 0.872. The molecule has 0 bridgehead atoms. The Hall–Kier alpha value is -2.24. The van der Waals surface area contributed by atoms with Crippen LogP contribution in [-0.2, 0) is 6.54 Å². The van der Waals surface area contributed by atoms with E-state index in [2.05, 4.69) is 28.1 Å². The van der Waals surface area contributed by atoms with Crippen LogP contribution in [0.25, 0.3) is 0 Å². The van der Waals surface area contributed by atoms with Crippen LogP contribution in [-0.4, -0.2) is 43.1 Å². The largest absolute Gasteiger partial charge is 0.334 e. The molecule has 23 heavy (non-hydrogen) atoms. The number of likely N-dealkylation sites (tertiary alicyclic amines) is 1. The number of rotatable bonds is 3. The van der Waals surface area contributed by atoms with Crippen LogP contribution in [0.4, 0.5) is 0 Å². The van der Waals surface area contributed by atoms with E-state index in [1.165, 1.54) is 6.33 Å². The number of aryl methyl sites for hydroxylation is 3. The van der Waals surface area contributed by atoms with Crippen LogP contribution in [0.1, 0.15) is 46.7 Å². The van der Waals surface area contributed by atoms with Crippen molar-refractivity contribution >= 4 is 5.91 Å². The van der Waals surface area contributed by atoms with E-state index in [-0.39, 0.29) is 11.9 Å². The van der Waals surface area contributed by atoms with Crippen molar-refractivity contribution in [2.45, 2.75) is 52.6 Å². The van der Waals surface area contributed by atoms with Gasteiger partial charge in [-0.2, -0.15) is 5.10 Å². The van der Waals surface area contributed by atoms with Gasteiger partial charge in [-0.15, -0.1) is 0 Å². The standard InChI is InChI=1S/C17H23N5O/c1-12-8-13(2)22(20-12)10-15-6-4-5-7-21(15)17(23)16-9-18-11-19-14(16)3/h8-9,11,15H,4-7,10H2,1-3H3. The third-order valence-corrected chi connectivity index (χ3v) is 4.52. The summed E-state index contributed by atoms with van der Waals surface area (Å²) in [5.74, 6) is 0.0364. The molecule has 1 atom stereocenters. The summed E-state index contributed by atoms with van der Waals surface area (Å²) in [6.07, 6.45) is 6.32. The number of carbonyl (C=O) groups is 1. The Bertz CT molecular complexity index is 709. The summed E-state index contributed by atoms with van der Waals surface area (Å²) in [6, 6.07) is 2.25. The molecule has 1 fully saturated rings. The SMILES string of the molecule is Cc1cc(C)n(CC2CCCCN2C(=O)c2cncnc2C)n1. The van der Waals surface area contributed by atoms with E-state index < -0.39 is 0 Å². The number of carbonyl (C=O) groups excluding carboxylic acids is 1. The molecule has 1 aliphatic rings. The number of nitrogens with zero attached hydrogens (tertiary/aromatic N) is 5. The molecule has 1 unspecified atom stereocenters. The summed E-state index contributed by atoms with van der Waals surface area (Å²) < 4.78 is 2.01. The molecule has 122 valence electrons. The predicted molar refractivity (Wildman–Crippen MR) is 87.1 cm³/mol. The van der Waals surface area contributed by atoms with Gasteiger partial charge in [0.1, 0.15) is 6.33 Å². The maximum absolute atomic E-state index is 12.9. The third kappa shape index (κ3) is 3.25. The van der Waals surface area contributed by atoms with Crippen molar-refractivity contribution in [3.8, 4) is 0 Å². The van der Waals surface area contributed by atoms with Gasteiger partial charge in [0, 0.05) is 18.4 Å². The molecule has 1 aliphatic heterocycles. The van der Waals surface area contributed by atoms with Crippen LogP contribution in [0.3, 0.4) is 0 Å². The molecular formula is C17H23N5O. The summed E-state index contributed by atoms with van der Waals surface area (Å²) in [5, 5.41) is 4.54. The zero-order chi connectivity index (χ0) is 16.4. The lowest BCUT2D eigenvalue weighted by atomic mass is 10.0. The summed E-state index contributed by atoms with van der Waals surface area (Å²) >= 11 is 0. The van der Waals surface area contributed by atoms with Gasteiger partial charge in [0.15, 0.2) is 0 Å². The highest BCUT2D eigenvalue weighted by molar-refractivity contribution is 5.95. The lowest BCUT2D eigenvalue weighted by molar-refractivity contribution is 0.0581. The number of hydrogen-bond donors (Lipinski definition) is 0. The van der Waals surface area contributed by atoms with E-state index >= 15 is 0 Å². The van der Waals surface area contributed by atoms with Crippen LogP contribution in [0.15, 0.2) is 18.6 Å². The maximum Gasteiger partial charge on any atom is 0.257 e. The Kier molecular flexibility index (Phi) is 4.41. The van der Waals surface area contributed by atoms with Crippen LogP contribution >= 0.6 is 0 Å². The second kappa shape index (κ2) is 6.48. The van der Waals surface area contributed by atoms with E-state index in [0.29, 0.717) is 5.56 Å². The van der Waals surface area contributed by atoms with Gasteiger partial charge < -0.3 is 4.90 Å². The lowest BCUT2D eigenvalue weighted by Gasteiger charge is -2.36. The Labute approximate surface area is 136 Å². The van der Waals surface area contributed by atoms with E-state index in [9.17, 15) is 4.79 Å². The third-order valence-electron chi connectivity index (χ3n) is 4.52. The molecule has 1 amide bonds. The molecule has 3 heterocycles. The fourth-order valence-electron chi connectivity index (χ4n) is 3.27. The Balaban J connectivity index is 1.83. The Morgan fingerprint density at radius 3 is 2.83 bits per heavy atom. The Morgan fingerprint density at radius 1 is 1.30 bits per heavy atom. The van der Waals surface area contributed by atoms with Crippen LogP contribution in [0.2, 0.25) is 0 Å². The van der Waals surface area contributed by atoms with Gasteiger partial charge in [-0.3, -0.25) is 9.48 Å². The van der Waals surface area contributed by atoms with E-state index in [0.717, 1.165) is 49.4 Å². The first-order valence-corrected chi connectivity index (χ1v) is 8.15. The lowest BCUT2D eigenvalue weighted by Crippen LogP contribution is -2.46. The van der Waals surface area contributed by atoms with Gasteiger partial charge in [0.25, 0.3) is 5.91 Å². The second-order valence-electron chi connectivity index (χ2n) is 6.28. The highest BCUT2D eigenvalue weighted by Gasteiger charge is 2.29. The van der Waals surface area contributed by atoms with Gasteiger partial charge in [0.05, 0.1) is 29.5 Å². The number of amides is 1. The van der Waals surface area contributed by atoms with E-state index in [1.807, 2.05) is 23.4 Å². The van der Waals surface area contributed by atoms with Crippen molar-refractivity contribution in [3.05, 3.63) is 41.2 Å². The van der Waals surface area contributed by atoms with Gasteiger partial charge in [-0.1, -0.05) is 0 Å². The van der Waals surface area contributed by atoms with Gasteiger partial charge in [-0.05, 0) is 46.1 Å². The second-order valence-corrected chi connectivity index (χ2v) is 6.28. The monoisotopic (exact) mass is 313 g/mol.